The number of benzene rings is 2. The van der Waals surface area contributed by atoms with Crippen LogP contribution >= 0.6 is 0 Å². The third-order valence-corrected chi connectivity index (χ3v) is 4.50. The topological polar surface area (TPSA) is 55.6 Å². The minimum atomic E-state index is 0.810. The van der Waals surface area contributed by atoms with Crippen LogP contribution in [0, 0.1) is 13.8 Å². The van der Waals surface area contributed by atoms with Gasteiger partial charge in [0.1, 0.15) is 12.1 Å². The van der Waals surface area contributed by atoms with E-state index in [-0.39, 0.29) is 0 Å². The molecule has 2 heterocycles. The van der Waals surface area contributed by atoms with Crippen LogP contribution in [0.4, 0.5) is 5.82 Å². The second-order valence-electron chi connectivity index (χ2n) is 6.47. The van der Waals surface area contributed by atoms with Gasteiger partial charge in [0.05, 0.1) is 17.3 Å². The molecule has 5 heteroatoms. The molecule has 0 saturated carbocycles. The van der Waals surface area contributed by atoms with Crippen LogP contribution in [-0.2, 0) is 6.42 Å². The van der Waals surface area contributed by atoms with E-state index in [4.69, 9.17) is 0 Å². The molecule has 5 nitrogen and oxygen atoms in total. The highest BCUT2D eigenvalue weighted by Crippen LogP contribution is 2.23. The van der Waals surface area contributed by atoms with E-state index in [1.54, 1.807) is 6.33 Å². The van der Waals surface area contributed by atoms with Crippen molar-refractivity contribution in [3.8, 4) is 5.69 Å². The maximum absolute atomic E-state index is 4.56. The first-order valence-electron chi connectivity index (χ1n) is 8.76. The lowest BCUT2D eigenvalue weighted by atomic mass is 10.1. The predicted molar refractivity (Wildman–Crippen MR) is 105 cm³/mol. The number of aryl methyl sites for hydroxylation is 2. The summed E-state index contributed by atoms with van der Waals surface area (Å²) in [5.74, 6) is 0.821. The second kappa shape index (κ2) is 6.96. The highest BCUT2D eigenvalue weighted by Gasteiger charge is 2.12. The van der Waals surface area contributed by atoms with Crippen LogP contribution in [0.25, 0.3) is 16.7 Å². The largest absolute Gasteiger partial charge is 0.369 e. The lowest BCUT2D eigenvalue weighted by molar-refractivity contribution is 0.886. The first-order chi connectivity index (χ1) is 12.7. The van der Waals surface area contributed by atoms with E-state index in [0.717, 1.165) is 35.5 Å². The Morgan fingerprint density at radius 1 is 1.00 bits per heavy atom. The number of anilines is 1. The van der Waals surface area contributed by atoms with E-state index in [0.29, 0.717) is 0 Å². The fourth-order valence-corrected chi connectivity index (χ4v) is 3.17. The highest BCUT2D eigenvalue weighted by molar-refractivity contribution is 5.87. The van der Waals surface area contributed by atoms with Crippen molar-refractivity contribution in [3.63, 3.8) is 0 Å². The van der Waals surface area contributed by atoms with Crippen LogP contribution in [-0.4, -0.2) is 26.3 Å². The van der Waals surface area contributed by atoms with Gasteiger partial charge >= 0.3 is 0 Å². The number of nitrogens with zero attached hydrogens (tertiary/aromatic N) is 4. The van der Waals surface area contributed by atoms with Gasteiger partial charge in [0, 0.05) is 6.54 Å². The predicted octanol–water partition coefficient (Wildman–Crippen LogP) is 4.09. The van der Waals surface area contributed by atoms with Crippen molar-refractivity contribution < 1.29 is 0 Å². The molecule has 2 aromatic carbocycles. The molecule has 0 aliphatic carbocycles. The molecule has 4 rings (SSSR count). The van der Waals surface area contributed by atoms with Gasteiger partial charge in [0.25, 0.3) is 0 Å². The Hall–Kier alpha value is -3.21. The van der Waals surface area contributed by atoms with Crippen LogP contribution in [0.3, 0.4) is 0 Å². The van der Waals surface area contributed by atoms with Gasteiger partial charge in [-0.25, -0.2) is 14.6 Å². The van der Waals surface area contributed by atoms with Gasteiger partial charge in [-0.3, -0.25) is 0 Å². The Bertz CT molecular complexity index is 1040. The Morgan fingerprint density at radius 2 is 1.85 bits per heavy atom. The molecule has 0 radical (unpaired) electrons. The molecule has 0 fully saturated rings. The Morgan fingerprint density at radius 3 is 2.65 bits per heavy atom. The van der Waals surface area contributed by atoms with Crippen molar-refractivity contribution in [2.24, 2.45) is 0 Å². The summed E-state index contributed by atoms with van der Waals surface area (Å²) < 4.78 is 1.88. The Balaban J connectivity index is 1.61. The van der Waals surface area contributed by atoms with Crippen molar-refractivity contribution in [1.29, 1.82) is 0 Å². The van der Waals surface area contributed by atoms with E-state index in [1.165, 1.54) is 16.7 Å². The Kier molecular flexibility index (Phi) is 4.35. The number of nitrogens with one attached hydrogen (secondary N) is 1. The fraction of sp³-hybridized carbons (Fsp3) is 0.190. The molecule has 4 aromatic rings. The Labute approximate surface area is 152 Å². The van der Waals surface area contributed by atoms with Crippen LogP contribution in [0.15, 0.2) is 61.1 Å². The third kappa shape index (κ3) is 3.16. The van der Waals surface area contributed by atoms with Gasteiger partial charge in [-0.15, -0.1) is 0 Å². The summed E-state index contributed by atoms with van der Waals surface area (Å²) >= 11 is 0. The monoisotopic (exact) mass is 343 g/mol. The zero-order valence-corrected chi connectivity index (χ0v) is 15.0. The standard InChI is InChI=1S/C21H21N5/c1-15-8-9-19(16(2)12-15)26-21-18(13-25-26)20(23-14-24-21)22-11-10-17-6-4-3-5-7-17/h3-9,12-14H,10-11H2,1-2H3,(H,22,23,24). The van der Waals surface area contributed by atoms with Crippen molar-refractivity contribution >= 4 is 16.9 Å². The van der Waals surface area contributed by atoms with Crippen molar-refractivity contribution in [2.45, 2.75) is 20.3 Å². The van der Waals surface area contributed by atoms with Crippen LogP contribution < -0.4 is 5.32 Å². The van der Waals surface area contributed by atoms with Gasteiger partial charge in [-0.1, -0.05) is 48.0 Å². The number of hydrogen-bond acceptors (Lipinski definition) is 4. The summed E-state index contributed by atoms with van der Waals surface area (Å²) in [5.41, 5.74) is 5.57. The highest BCUT2D eigenvalue weighted by atomic mass is 15.3. The summed E-state index contributed by atoms with van der Waals surface area (Å²) in [4.78, 5) is 8.86. The molecule has 0 amide bonds. The third-order valence-electron chi connectivity index (χ3n) is 4.50. The number of hydrogen-bond donors (Lipinski definition) is 1. The van der Waals surface area contributed by atoms with E-state index in [9.17, 15) is 0 Å². The number of rotatable bonds is 5. The fourth-order valence-electron chi connectivity index (χ4n) is 3.17. The number of fused-ring (bicyclic) bond motifs is 1. The summed E-state index contributed by atoms with van der Waals surface area (Å²) in [7, 11) is 0. The molecule has 26 heavy (non-hydrogen) atoms. The molecule has 0 saturated heterocycles. The first kappa shape index (κ1) is 16.3. The lowest BCUT2D eigenvalue weighted by Gasteiger charge is -2.09. The molecular formula is C21H21N5. The van der Waals surface area contributed by atoms with Gasteiger partial charge in [0.2, 0.25) is 0 Å². The van der Waals surface area contributed by atoms with Crippen LogP contribution in [0.1, 0.15) is 16.7 Å². The molecule has 0 aliphatic rings. The van der Waals surface area contributed by atoms with Crippen molar-refractivity contribution in [3.05, 3.63) is 77.7 Å². The average molecular weight is 343 g/mol. The van der Waals surface area contributed by atoms with Crippen molar-refractivity contribution in [1.82, 2.24) is 19.7 Å². The molecule has 2 aromatic heterocycles. The molecule has 0 spiro atoms. The summed E-state index contributed by atoms with van der Waals surface area (Å²) in [5, 5.41) is 8.91. The van der Waals surface area contributed by atoms with E-state index in [2.05, 4.69) is 76.7 Å². The molecule has 0 bridgehead atoms. The first-order valence-corrected chi connectivity index (χ1v) is 8.76. The molecule has 1 N–H and O–H groups in total. The summed E-state index contributed by atoms with van der Waals surface area (Å²) in [6, 6.07) is 16.8. The van der Waals surface area contributed by atoms with Gasteiger partial charge in [0.15, 0.2) is 5.65 Å². The lowest BCUT2D eigenvalue weighted by Crippen LogP contribution is -2.07. The molecule has 0 aliphatic heterocycles. The normalized spacial score (nSPS) is 11.0. The maximum atomic E-state index is 4.56. The molecule has 0 atom stereocenters. The van der Waals surface area contributed by atoms with E-state index in [1.807, 2.05) is 16.9 Å². The van der Waals surface area contributed by atoms with Crippen molar-refractivity contribution in [2.75, 3.05) is 11.9 Å². The second-order valence-corrected chi connectivity index (χ2v) is 6.47. The minimum Gasteiger partial charge on any atom is -0.369 e. The van der Waals surface area contributed by atoms with E-state index < -0.39 is 0 Å². The summed E-state index contributed by atoms with van der Waals surface area (Å²) in [6.45, 7) is 5.00. The maximum Gasteiger partial charge on any atom is 0.168 e. The van der Waals surface area contributed by atoms with Gasteiger partial charge in [-0.05, 0) is 37.5 Å². The average Bonchev–Trinajstić information content (AvgIpc) is 3.07. The smallest absolute Gasteiger partial charge is 0.168 e. The van der Waals surface area contributed by atoms with Gasteiger partial charge in [-0.2, -0.15) is 5.10 Å². The quantitative estimate of drug-likeness (QED) is 0.593. The SMILES string of the molecule is Cc1ccc(-n2ncc3c(NCCc4ccccc4)ncnc32)c(C)c1. The minimum absolute atomic E-state index is 0.810. The van der Waals surface area contributed by atoms with Crippen LogP contribution in [0.2, 0.25) is 0 Å². The van der Waals surface area contributed by atoms with Gasteiger partial charge < -0.3 is 5.32 Å². The zero-order valence-electron chi connectivity index (χ0n) is 15.0. The molecule has 130 valence electrons. The molecular weight excluding hydrogens is 322 g/mol. The molecule has 0 unspecified atom stereocenters. The van der Waals surface area contributed by atoms with Crippen LogP contribution in [0.5, 0.6) is 0 Å². The van der Waals surface area contributed by atoms with E-state index >= 15 is 0 Å². The summed E-state index contributed by atoms with van der Waals surface area (Å²) in [6.07, 6.45) is 4.37. The zero-order chi connectivity index (χ0) is 17.9. The number of aromatic nitrogens is 4.